The van der Waals surface area contributed by atoms with Crippen LogP contribution in [0.3, 0.4) is 0 Å². The van der Waals surface area contributed by atoms with Crippen molar-refractivity contribution in [3.05, 3.63) is 81.5 Å². The van der Waals surface area contributed by atoms with Crippen LogP contribution in [-0.4, -0.2) is 35.0 Å². The Morgan fingerprint density at radius 3 is 2.64 bits per heavy atom. The van der Waals surface area contributed by atoms with Crippen LogP contribution in [0.25, 0.3) is 0 Å². The molecule has 9 heteroatoms. The number of aliphatic imine (C=N–C) groups is 1. The third-order valence-electron chi connectivity index (χ3n) is 6.12. The predicted octanol–water partition coefficient (Wildman–Crippen LogP) is 5.87. The molecular formula is C27H29ClN4O3S. The maximum Gasteiger partial charge on any atom is 0.255 e. The Morgan fingerprint density at radius 1 is 1.22 bits per heavy atom. The van der Waals surface area contributed by atoms with Crippen molar-refractivity contribution in [1.82, 2.24) is 10.2 Å². The molecule has 0 fully saturated rings. The quantitative estimate of drug-likeness (QED) is 0.451. The van der Waals surface area contributed by atoms with Gasteiger partial charge < -0.3 is 20.3 Å². The van der Waals surface area contributed by atoms with E-state index in [1.54, 1.807) is 37.4 Å². The van der Waals surface area contributed by atoms with Crippen LogP contribution in [0.1, 0.15) is 45.2 Å². The van der Waals surface area contributed by atoms with Gasteiger partial charge in [-0.3, -0.25) is 9.59 Å². The van der Waals surface area contributed by atoms with Crippen molar-refractivity contribution in [2.24, 2.45) is 4.99 Å². The molecule has 2 amide bonds. The highest BCUT2D eigenvalue weighted by Crippen LogP contribution is 2.45. The molecule has 0 saturated heterocycles. The molecule has 2 aromatic rings. The predicted molar refractivity (Wildman–Crippen MR) is 146 cm³/mol. The Morgan fingerprint density at radius 2 is 1.97 bits per heavy atom. The first-order valence-electron chi connectivity index (χ1n) is 11.7. The number of amides is 2. The number of carbonyl (C=O) groups is 2. The number of halogens is 1. The van der Waals surface area contributed by atoms with Crippen molar-refractivity contribution in [3.63, 3.8) is 0 Å². The van der Waals surface area contributed by atoms with Crippen LogP contribution in [0.4, 0.5) is 5.69 Å². The molecular weight excluding hydrogens is 496 g/mol. The second kappa shape index (κ2) is 11.2. The number of methoxy groups -OCH3 is 1. The largest absolute Gasteiger partial charge is 0.497 e. The van der Waals surface area contributed by atoms with Gasteiger partial charge in [0.15, 0.2) is 5.17 Å². The maximum absolute atomic E-state index is 13.7. The van der Waals surface area contributed by atoms with Gasteiger partial charge in [0.05, 0.1) is 30.8 Å². The summed E-state index contributed by atoms with van der Waals surface area (Å²) in [4.78, 5) is 33.1. The van der Waals surface area contributed by atoms with Gasteiger partial charge in [0, 0.05) is 22.4 Å². The number of fused-ring (bicyclic) bond motifs is 1. The van der Waals surface area contributed by atoms with E-state index in [0.29, 0.717) is 27.7 Å². The smallest absolute Gasteiger partial charge is 0.255 e. The van der Waals surface area contributed by atoms with Crippen molar-refractivity contribution in [2.45, 2.75) is 45.7 Å². The molecule has 0 bridgehead atoms. The van der Waals surface area contributed by atoms with Crippen LogP contribution in [0, 0.1) is 0 Å². The third-order valence-corrected chi connectivity index (χ3v) is 7.24. The minimum atomic E-state index is -0.493. The van der Waals surface area contributed by atoms with Crippen molar-refractivity contribution in [2.75, 3.05) is 12.4 Å². The lowest BCUT2D eigenvalue weighted by Gasteiger charge is -2.36. The molecule has 0 saturated carbocycles. The lowest BCUT2D eigenvalue weighted by molar-refractivity contribution is -0.121. The van der Waals surface area contributed by atoms with Gasteiger partial charge in [-0.15, -0.1) is 0 Å². The van der Waals surface area contributed by atoms with Gasteiger partial charge in [-0.05, 0) is 67.6 Å². The molecule has 36 heavy (non-hydrogen) atoms. The fourth-order valence-electron chi connectivity index (χ4n) is 4.12. The van der Waals surface area contributed by atoms with E-state index in [1.165, 1.54) is 11.8 Å². The average molecular weight is 525 g/mol. The van der Waals surface area contributed by atoms with E-state index in [9.17, 15) is 9.59 Å². The fourth-order valence-corrected chi connectivity index (χ4v) is 5.28. The number of amidine groups is 1. The van der Waals surface area contributed by atoms with E-state index in [1.807, 2.05) is 49.3 Å². The van der Waals surface area contributed by atoms with Crippen molar-refractivity contribution < 1.29 is 14.3 Å². The number of carbonyl (C=O) groups excluding carboxylic acids is 2. The van der Waals surface area contributed by atoms with Crippen LogP contribution >= 0.6 is 23.4 Å². The fraction of sp³-hybridized carbons (Fsp3) is 0.296. The summed E-state index contributed by atoms with van der Waals surface area (Å²) in [6, 6.07) is 14.2. The van der Waals surface area contributed by atoms with E-state index < -0.39 is 6.04 Å². The number of allylic oxidation sites excluding steroid dienone is 1. The molecule has 2 aromatic carbocycles. The van der Waals surface area contributed by atoms with Gasteiger partial charge in [0.1, 0.15) is 5.75 Å². The summed E-state index contributed by atoms with van der Waals surface area (Å²) < 4.78 is 5.22. The Balaban J connectivity index is 1.69. The molecule has 0 radical (unpaired) electrons. The standard InChI is InChI=1S/C27H29ClN4O3S/c1-5-16(2)29-23(33)14-21-15-36-27-30-17(3)24(25(32(21)27)18-7-6-8-19(28)13-18)26(34)31-20-9-11-22(35-4)12-10-20/h6-13,15-16,25H,5,14H2,1-4H3,(H,29,33)(H,31,34). The first-order valence-corrected chi connectivity index (χ1v) is 13.0. The molecule has 0 aromatic heterocycles. The maximum atomic E-state index is 13.7. The van der Waals surface area contributed by atoms with Crippen LogP contribution in [0.2, 0.25) is 5.02 Å². The Bertz CT molecular complexity index is 1260. The Labute approximate surface area is 220 Å². The zero-order valence-corrected chi connectivity index (χ0v) is 22.2. The minimum absolute atomic E-state index is 0.0715. The Hall–Kier alpha value is -3.23. The number of benzene rings is 2. The van der Waals surface area contributed by atoms with Crippen LogP contribution < -0.4 is 15.4 Å². The number of rotatable bonds is 8. The van der Waals surface area contributed by atoms with Crippen molar-refractivity contribution in [1.29, 1.82) is 0 Å². The highest BCUT2D eigenvalue weighted by molar-refractivity contribution is 8.16. The minimum Gasteiger partial charge on any atom is -0.497 e. The Kier molecular flexibility index (Phi) is 8.06. The molecule has 2 N–H and O–H groups in total. The molecule has 2 unspecified atom stereocenters. The summed E-state index contributed by atoms with van der Waals surface area (Å²) >= 11 is 7.81. The van der Waals surface area contributed by atoms with Crippen molar-refractivity contribution in [3.8, 4) is 5.75 Å². The van der Waals surface area contributed by atoms with Gasteiger partial charge in [-0.2, -0.15) is 0 Å². The topological polar surface area (TPSA) is 83.0 Å². The summed E-state index contributed by atoms with van der Waals surface area (Å²) in [5.41, 5.74) is 3.37. The van der Waals surface area contributed by atoms with Crippen LogP contribution in [0.15, 0.2) is 75.9 Å². The monoisotopic (exact) mass is 524 g/mol. The van der Waals surface area contributed by atoms with Gasteiger partial charge in [-0.25, -0.2) is 4.99 Å². The summed E-state index contributed by atoms with van der Waals surface area (Å²) in [6.07, 6.45) is 1.03. The summed E-state index contributed by atoms with van der Waals surface area (Å²) in [5, 5.41) is 9.24. The first-order chi connectivity index (χ1) is 17.3. The zero-order valence-electron chi connectivity index (χ0n) is 20.7. The summed E-state index contributed by atoms with van der Waals surface area (Å²) in [7, 11) is 1.59. The second-order valence-corrected chi connectivity index (χ2v) is 9.96. The average Bonchev–Trinajstić information content (AvgIpc) is 3.24. The highest BCUT2D eigenvalue weighted by atomic mass is 35.5. The van der Waals surface area contributed by atoms with Crippen LogP contribution in [0.5, 0.6) is 5.75 Å². The van der Waals surface area contributed by atoms with E-state index >= 15 is 0 Å². The number of ether oxygens (including phenoxy) is 1. The molecule has 2 heterocycles. The van der Waals surface area contributed by atoms with Gasteiger partial charge in [0.2, 0.25) is 5.91 Å². The molecule has 2 atom stereocenters. The summed E-state index contributed by atoms with van der Waals surface area (Å²) in [6.45, 7) is 5.84. The van der Waals surface area contributed by atoms with Gasteiger partial charge in [-0.1, -0.05) is 42.4 Å². The molecule has 7 nitrogen and oxygen atoms in total. The van der Waals surface area contributed by atoms with E-state index in [0.717, 1.165) is 22.8 Å². The lowest BCUT2D eigenvalue weighted by atomic mass is 9.93. The van der Waals surface area contributed by atoms with Gasteiger partial charge >= 0.3 is 0 Å². The number of hydrogen-bond acceptors (Lipinski definition) is 6. The zero-order chi connectivity index (χ0) is 25.8. The lowest BCUT2D eigenvalue weighted by Crippen LogP contribution is -2.39. The molecule has 4 rings (SSSR count). The molecule has 0 aliphatic carbocycles. The number of anilines is 1. The molecule has 2 aliphatic heterocycles. The van der Waals surface area contributed by atoms with Gasteiger partial charge in [0.25, 0.3) is 5.91 Å². The summed E-state index contributed by atoms with van der Waals surface area (Å²) in [5.74, 6) is 0.357. The normalized spacial score (nSPS) is 17.7. The van der Waals surface area contributed by atoms with Crippen LogP contribution in [-0.2, 0) is 9.59 Å². The highest BCUT2D eigenvalue weighted by Gasteiger charge is 2.40. The van der Waals surface area contributed by atoms with E-state index in [-0.39, 0.29) is 24.3 Å². The van der Waals surface area contributed by atoms with Crippen molar-refractivity contribution >= 4 is 46.0 Å². The molecule has 2 aliphatic rings. The van der Waals surface area contributed by atoms with E-state index in [4.69, 9.17) is 21.3 Å². The molecule has 0 spiro atoms. The third kappa shape index (κ3) is 5.60. The SMILES string of the molecule is CCC(C)NC(=O)CC1=CSC2=NC(C)=C(C(=O)Nc3ccc(OC)cc3)C(c3cccc(Cl)c3)N12. The number of nitrogens with one attached hydrogen (secondary N) is 2. The molecule has 188 valence electrons. The number of nitrogens with zero attached hydrogens (tertiary/aromatic N) is 2. The first kappa shape index (κ1) is 25.9. The van der Waals surface area contributed by atoms with E-state index in [2.05, 4.69) is 10.6 Å². The number of thioether (sulfide) groups is 1. The number of hydrogen-bond donors (Lipinski definition) is 2. The second-order valence-electron chi connectivity index (χ2n) is 8.68.